The normalized spacial score (nSPS) is 12.7. The Bertz CT molecular complexity index is 1370. The van der Waals surface area contributed by atoms with Crippen LogP contribution in [-0.4, -0.2) is 50.9 Å². The van der Waals surface area contributed by atoms with Gasteiger partial charge in [0.1, 0.15) is 18.3 Å². The van der Waals surface area contributed by atoms with Crippen molar-refractivity contribution in [3.05, 3.63) is 89.4 Å². The Morgan fingerprint density at radius 1 is 0.974 bits per heavy atom. The number of carbonyl (C=O) groups is 2. The smallest absolute Gasteiger partial charge is 0.264 e. The molecule has 3 aromatic carbocycles. The molecule has 3 aromatic rings. The molecule has 0 aliphatic carbocycles. The molecule has 0 unspecified atom stereocenters. The average Bonchev–Trinajstić information content (AvgIpc) is 2.94. The van der Waals surface area contributed by atoms with Gasteiger partial charge in [-0.1, -0.05) is 67.1 Å². The van der Waals surface area contributed by atoms with Gasteiger partial charge in [-0.3, -0.25) is 13.9 Å². The van der Waals surface area contributed by atoms with Gasteiger partial charge in [-0.05, 0) is 56.2 Å². The molecule has 39 heavy (non-hydrogen) atoms. The van der Waals surface area contributed by atoms with E-state index < -0.39 is 28.5 Å². The van der Waals surface area contributed by atoms with Crippen LogP contribution in [0, 0.1) is 0 Å². The molecule has 8 nitrogen and oxygen atoms in total. The van der Waals surface area contributed by atoms with E-state index in [2.05, 4.69) is 5.32 Å². The molecule has 0 fully saturated rings. The van der Waals surface area contributed by atoms with Crippen LogP contribution in [0.2, 0.25) is 5.02 Å². The van der Waals surface area contributed by atoms with E-state index in [1.54, 1.807) is 31.2 Å². The predicted octanol–water partition coefficient (Wildman–Crippen LogP) is 4.88. The lowest BCUT2D eigenvalue weighted by atomic mass is 10.1. The minimum atomic E-state index is -4.17. The van der Waals surface area contributed by atoms with E-state index in [1.807, 2.05) is 44.2 Å². The van der Waals surface area contributed by atoms with Gasteiger partial charge in [-0.15, -0.1) is 0 Å². The van der Waals surface area contributed by atoms with Crippen LogP contribution in [0.5, 0.6) is 5.75 Å². The van der Waals surface area contributed by atoms with Gasteiger partial charge in [-0.2, -0.15) is 0 Å². The number of hydrogen-bond acceptors (Lipinski definition) is 5. The topological polar surface area (TPSA) is 96.0 Å². The summed E-state index contributed by atoms with van der Waals surface area (Å²) in [5, 5.41) is 3.11. The van der Waals surface area contributed by atoms with Crippen LogP contribution in [0.4, 0.5) is 5.69 Å². The molecule has 208 valence electrons. The summed E-state index contributed by atoms with van der Waals surface area (Å²) in [6, 6.07) is 20.7. The molecule has 0 heterocycles. The second-order valence-electron chi connectivity index (χ2n) is 9.14. The van der Waals surface area contributed by atoms with Gasteiger partial charge >= 0.3 is 0 Å². The molecule has 0 aliphatic heterocycles. The van der Waals surface area contributed by atoms with Crippen LogP contribution in [-0.2, 0) is 26.2 Å². The fourth-order valence-corrected chi connectivity index (χ4v) is 5.57. The molecular formula is C29H34ClN3O5S. The van der Waals surface area contributed by atoms with Gasteiger partial charge in [0.25, 0.3) is 10.0 Å². The van der Waals surface area contributed by atoms with Gasteiger partial charge in [0, 0.05) is 12.6 Å². The summed E-state index contributed by atoms with van der Waals surface area (Å²) in [4.78, 5) is 28.4. The van der Waals surface area contributed by atoms with Gasteiger partial charge < -0.3 is 15.0 Å². The summed E-state index contributed by atoms with van der Waals surface area (Å²) in [5.41, 5.74) is 0.994. The molecule has 1 N–H and O–H groups in total. The van der Waals surface area contributed by atoms with Crippen LogP contribution in [0.15, 0.2) is 83.8 Å². The fraction of sp³-hybridized carbons (Fsp3) is 0.310. The highest BCUT2D eigenvalue weighted by Gasteiger charge is 2.33. The quantitative estimate of drug-likeness (QED) is 0.334. The molecule has 0 spiro atoms. The van der Waals surface area contributed by atoms with Crippen molar-refractivity contribution in [1.29, 1.82) is 0 Å². The number of rotatable bonds is 12. The van der Waals surface area contributed by atoms with Gasteiger partial charge in [0.15, 0.2) is 0 Å². The number of nitrogens with zero attached hydrogens (tertiary/aromatic N) is 2. The van der Waals surface area contributed by atoms with Crippen LogP contribution in [0.25, 0.3) is 0 Å². The molecule has 2 atom stereocenters. The summed E-state index contributed by atoms with van der Waals surface area (Å²) in [7, 11) is -2.72. The molecule has 0 saturated heterocycles. The van der Waals surface area contributed by atoms with E-state index in [4.69, 9.17) is 16.3 Å². The molecule has 10 heteroatoms. The SMILES string of the molecule is CC[C@@H](C)NC(=O)[C@@H](C)N(Cc1ccccc1)C(=O)CN(c1ccc(OC)c(Cl)c1)S(=O)(=O)c1ccccc1. The number of halogens is 1. The van der Waals surface area contributed by atoms with E-state index in [1.165, 1.54) is 36.3 Å². The average molecular weight is 572 g/mol. The minimum absolute atomic E-state index is 0.0157. The van der Waals surface area contributed by atoms with Crippen molar-refractivity contribution < 1.29 is 22.7 Å². The maximum absolute atomic E-state index is 13.9. The van der Waals surface area contributed by atoms with E-state index in [0.29, 0.717) is 5.75 Å². The molecule has 0 bridgehead atoms. The number of carbonyl (C=O) groups excluding carboxylic acids is 2. The summed E-state index contributed by atoms with van der Waals surface area (Å²) < 4.78 is 33.8. The Morgan fingerprint density at radius 3 is 2.15 bits per heavy atom. The van der Waals surface area contributed by atoms with E-state index >= 15 is 0 Å². The number of methoxy groups -OCH3 is 1. The largest absolute Gasteiger partial charge is 0.495 e. The summed E-state index contributed by atoms with van der Waals surface area (Å²) in [6.45, 7) is 5.05. The van der Waals surface area contributed by atoms with E-state index in [-0.39, 0.29) is 34.1 Å². The van der Waals surface area contributed by atoms with E-state index in [0.717, 1.165) is 16.3 Å². The third kappa shape index (κ3) is 7.52. The van der Waals surface area contributed by atoms with Gasteiger partial charge in [0.2, 0.25) is 11.8 Å². The van der Waals surface area contributed by atoms with Crippen LogP contribution in [0.1, 0.15) is 32.8 Å². The van der Waals surface area contributed by atoms with Crippen LogP contribution < -0.4 is 14.4 Å². The number of sulfonamides is 1. The monoisotopic (exact) mass is 571 g/mol. The van der Waals surface area contributed by atoms with E-state index in [9.17, 15) is 18.0 Å². The Hall–Kier alpha value is -3.56. The first kappa shape index (κ1) is 30.0. The van der Waals surface area contributed by atoms with Crippen molar-refractivity contribution in [1.82, 2.24) is 10.2 Å². The number of benzene rings is 3. The van der Waals surface area contributed by atoms with Crippen LogP contribution >= 0.6 is 11.6 Å². The maximum atomic E-state index is 13.9. The summed E-state index contributed by atoms with van der Waals surface area (Å²) >= 11 is 6.34. The molecule has 0 saturated carbocycles. The highest BCUT2D eigenvalue weighted by molar-refractivity contribution is 7.92. The lowest BCUT2D eigenvalue weighted by Crippen LogP contribution is -2.52. The Morgan fingerprint density at radius 2 is 1.59 bits per heavy atom. The first-order valence-corrected chi connectivity index (χ1v) is 14.4. The molecule has 0 aliphatic rings. The second-order valence-corrected chi connectivity index (χ2v) is 11.4. The van der Waals surface area contributed by atoms with Crippen molar-refractivity contribution in [2.75, 3.05) is 18.0 Å². The maximum Gasteiger partial charge on any atom is 0.264 e. The van der Waals surface area contributed by atoms with Crippen molar-refractivity contribution >= 4 is 39.1 Å². The number of amides is 2. The zero-order valence-corrected chi connectivity index (χ0v) is 24.1. The zero-order valence-electron chi connectivity index (χ0n) is 22.5. The number of hydrogen-bond donors (Lipinski definition) is 1. The molecule has 0 aromatic heterocycles. The van der Waals surface area contributed by atoms with Crippen LogP contribution in [0.3, 0.4) is 0 Å². The van der Waals surface area contributed by atoms with Crippen molar-refractivity contribution in [2.45, 2.75) is 50.7 Å². The van der Waals surface area contributed by atoms with Gasteiger partial charge in [-0.25, -0.2) is 8.42 Å². The Balaban J connectivity index is 2.03. The standard InChI is InChI=1S/C29H34ClN3O5S/c1-5-21(2)31-29(35)22(3)32(19-23-12-8-6-9-13-23)28(34)20-33(24-16-17-27(38-4)26(30)18-24)39(36,37)25-14-10-7-11-15-25/h6-18,21-22H,5,19-20H2,1-4H3,(H,31,35)/t21-,22-/m1/s1. The predicted molar refractivity (Wildman–Crippen MR) is 153 cm³/mol. The fourth-order valence-electron chi connectivity index (χ4n) is 3.89. The molecule has 2 amide bonds. The second kappa shape index (κ2) is 13.5. The highest BCUT2D eigenvalue weighted by Crippen LogP contribution is 2.32. The molecule has 3 rings (SSSR count). The highest BCUT2D eigenvalue weighted by atomic mass is 35.5. The van der Waals surface area contributed by atoms with Crippen molar-refractivity contribution in [3.8, 4) is 5.75 Å². The number of ether oxygens (including phenoxy) is 1. The van der Waals surface area contributed by atoms with Crippen molar-refractivity contribution in [3.63, 3.8) is 0 Å². The third-order valence-corrected chi connectivity index (χ3v) is 8.48. The summed E-state index contributed by atoms with van der Waals surface area (Å²) in [6.07, 6.45) is 0.729. The summed E-state index contributed by atoms with van der Waals surface area (Å²) in [5.74, 6) is -0.500. The minimum Gasteiger partial charge on any atom is -0.495 e. The lowest BCUT2D eigenvalue weighted by molar-refractivity contribution is -0.139. The Labute approximate surface area is 235 Å². The Kier molecular flexibility index (Phi) is 10.4. The van der Waals surface area contributed by atoms with Crippen molar-refractivity contribution in [2.24, 2.45) is 0 Å². The first-order chi connectivity index (χ1) is 18.6. The molecular weight excluding hydrogens is 538 g/mol. The van der Waals surface area contributed by atoms with Gasteiger partial charge in [0.05, 0.1) is 22.7 Å². The lowest BCUT2D eigenvalue weighted by Gasteiger charge is -2.32. The zero-order chi connectivity index (χ0) is 28.6. The first-order valence-electron chi connectivity index (χ1n) is 12.6. The number of nitrogens with one attached hydrogen (secondary N) is 1. The number of anilines is 1. The molecule has 0 radical (unpaired) electrons. The third-order valence-electron chi connectivity index (χ3n) is 6.40.